The van der Waals surface area contributed by atoms with Crippen LogP contribution < -0.4 is 0 Å². The van der Waals surface area contributed by atoms with Gasteiger partial charge >= 0.3 is 5.97 Å². The zero-order chi connectivity index (χ0) is 12.3. The first-order chi connectivity index (χ1) is 7.52. The third kappa shape index (κ3) is 2.10. The summed E-state index contributed by atoms with van der Waals surface area (Å²) in [4.78, 5) is 11.3. The SMILES string of the molecule is C=Cc1c(F)cc(C(=O)OCC)c(F)c1C. The van der Waals surface area contributed by atoms with Gasteiger partial charge < -0.3 is 4.74 Å². The minimum absolute atomic E-state index is 0.0538. The minimum Gasteiger partial charge on any atom is -0.462 e. The second-order valence-corrected chi connectivity index (χ2v) is 3.18. The van der Waals surface area contributed by atoms with Gasteiger partial charge in [-0.3, -0.25) is 0 Å². The summed E-state index contributed by atoms with van der Waals surface area (Å²) in [6.45, 7) is 6.48. The second-order valence-electron chi connectivity index (χ2n) is 3.18. The molecule has 0 N–H and O–H groups in total. The minimum atomic E-state index is -0.863. The Labute approximate surface area is 92.5 Å². The summed E-state index contributed by atoms with van der Waals surface area (Å²) in [7, 11) is 0. The van der Waals surface area contributed by atoms with Crippen LogP contribution in [0.5, 0.6) is 0 Å². The van der Waals surface area contributed by atoms with Gasteiger partial charge in [-0.25, -0.2) is 13.6 Å². The number of hydrogen-bond donors (Lipinski definition) is 0. The summed E-state index contributed by atoms with van der Waals surface area (Å²) < 4.78 is 31.8. The van der Waals surface area contributed by atoms with Crippen LogP contribution in [0.25, 0.3) is 6.08 Å². The van der Waals surface area contributed by atoms with E-state index in [2.05, 4.69) is 11.3 Å². The van der Waals surface area contributed by atoms with Crippen LogP contribution in [0.3, 0.4) is 0 Å². The molecule has 0 aliphatic rings. The van der Waals surface area contributed by atoms with Crippen molar-refractivity contribution in [2.24, 2.45) is 0 Å². The van der Waals surface area contributed by atoms with E-state index in [4.69, 9.17) is 0 Å². The Morgan fingerprint density at radius 1 is 1.56 bits per heavy atom. The zero-order valence-corrected chi connectivity index (χ0v) is 9.14. The van der Waals surface area contributed by atoms with Crippen molar-refractivity contribution in [1.82, 2.24) is 0 Å². The van der Waals surface area contributed by atoms with Crippen LogP contribution in [-0.2, 0) is 4.74 Å². The number of rotatable bonds is 3. The van der Waals surface area contributed by atoms with Crippen molar-refractivity contribution >= 4 is 12.0 Å². The molecule has 1 aromatic rings. The maximum atomic E-state index is 13.7. The largest absolute Gasteiger partial charge is 0.462 e. The first kappa shape index (κ1) is 12.4. The molecule has 1 rings (SSSR count). The van der Waals surface area contributed by atoms with Crippen molar-refractivity contribution < 1.29 is 18.3 Å². The molecular weight excluding hydrogens is 214 g/mol. The van der Waals surface area contributed by atoms with Crippen molar-refractivity contribution in [3.8, 4) is 0 Å². The molecule has 2 nitrogen and oxygen atoms in total. The molecule has 0 saturated carbocycles. The number of carbonyl (C=O) groups excluding carboxylic acids is 1. The third-order valence-electron chi connectivity index (χ3n) is 2.20. The zero-order valence-electron chi connectivity index (χ0n) is 9.14. The monoisotopic (exact) mass is 226 g/mol. The number of carbonyl (C=O) groups is 1. The fourth-order valence-electron chi connectivity index (χ4n) is 1.38. The van der Waals surface area contributed by atoms with E-state index >= 15 is 0 Å². The molecule has 0 heterocycles. The van der Waals surface area contributed by atoms with E-state index in [1.54, 1.807) is 6.92 Å². The van der Waals surface area contributed by atoms with Crippen LogP contribution in [0, 0.1) is 18.6 Å². The Balaban J connectivity index is 3.33. The summed E-state index contributed by atoms with van der Waals surface area (Å²) in [5.74, 6) is -2.32. The maximum absolute atomic E-state index is 13.7. The lowest BCUT2D eigenvalue weighted by Crippen LogP contribution is -2.10. The lowest BCUT2D eigenvalue weighted by Gasteiger charge is -2.09. The van der Waals surface area contributed by atoms with Gasteiger partial charge in [0, 0.05) is 5.56 Å². The predicted molar refractivity (Wildman–Crippen MR) is 57.1 cm³/mol. The fraction of sp³-hybridized carbons (Fsp3) is 0.250. The topological polar surface area (TPSA) is 26.3 Å². The van der Waals surface area contributed by atoms with Crippen molar-refractivity contribution in [2.75, 3.05) is 6.61 Å². The highest BCUT2D eigenvalue weighted by atomic mass is 19.1. The summed E-state index contributed by atoms with van der Waals surface area (Å²) in [5.41, 5.74) is -0.272. The van der Waals surface area contributed by atoms with E-state index < -0.39 is 17.6 Å². The molecule has 0 bridgehead atoms. The Hall–Kier alpha value is -1.71. The molecule has 4 heteroatoms. The second kappa shape index (κ2) is 4.88. The van der Waals surface area contributed by atoms with Gasteiger partial charge in [-0.05, 0) is 25.5 Å². The standard InChI is InChI=1S/C12H12F2O2/c1-4-8-7(3)11(14)9(6-10(8)13)12(15)16-5-2/h4,6H,1,5H2,2-3H3. The molecule has 0 unspecified atom stereocenters. The molecule has 0 amide bonds. The van der Waals surface area contributed by atoms with Gasteiger partial charge in [-0.15, -0.1) is 0 Å². The summed E-state index contributed by atoms with van der Waals surface area (Å²) in [6, 6.07) is 0.831. The maximum Gasteiger partial charge on any atom is 0.341 e. The van der Waals surface area contributed by atoms with Gasteiger partial charge in [0.2, 0.25) is 0 Å². The van der Waals surface area contributed by atoms with Gasteiger partial charge in [-0.2, -0.15) is 0 Å². The molecule has 0 aliphatic heterocycles. The highest BCUT2D eigenvalue weighted by molar-refractivity contribution is 5.90. The van der Waals surface area contributed by atoms with Crippen LogP contribution in [0.4, 0.5) is 8.78 Å². The van der Waals surface area contributed by atoms with E-state index in [0.29, 0.717) is 0 Å². The molecule has 0 saturated heterocycles. The normalized spacial score (nSPS) is 10.0. The van der Waals surface area contributed by atoms with Crippen molar-refractivity contribution in [1.29, 1.82) is 0 Å². The average molecular weight is 226 g/mol. The smallest absolute Gasteiger partial charge is 0.341 e. The van der Waals surface area contributed by atoms with Crippen molar-refractivity contribution in [2.45, 2.75) is 13.8 Å². The highest BCUT2D eigenvalue weighted by Gasteiger charge is 2.19. The molecule has 0 aromatic heterocycles. The van der Waals surface area contributed by atoms with Crippen molar-refractivity contribution in [3.05, 3.63) is 41.0 Å². The third-order valence-corrected chi connectivity index (χ3v) is 2.20. The highest BCUT2D eigenvalue weighted by Crippen LogP contribution is 2.22. The van der Waals surface area contributed by atoms with Gasteiger partial charge in [0.15, 0.2) is 0 Å². The summed E-state index contributed by atoms with van der Waals surface area (Å²) in [6.07, 6.45) is 1.21. The quantitative estimate of drug-likeness (QED) is 0.740. The molecule has 0 fully saturated rings. The van der Waals surface area contributed by atoms with E-state index in [1.165, 1.54) is 13.0 Å². The molecule has 0 aliphatic carbocycles. The number of ether oxygens (including phenoxy) is 1. The Morgan fingerprint density at radius 2 is 2.19 bits per heavy atom. The number of esters is 1. The lowest BCUT2D eigenvalue weighted by atomic mass is 10.0. The first-order valence-corrected chi connectivity index (χ1v) is 4.81. The number of hydrogen-bond acceptors (Lipinski definition) is 2. The molecule has 0 spiro atoms. The summed E-state index contributed by atoms with van der Waals surface area (Å²) in [5, 5.41) is 0. The van der Waals surface area contributed by atoms with E-state index in [0.717, 1.165) is 6.07 Å². The van der Waals surface area contributed by atoms with E-state index in [1.807, 2.05) is 0 Å². The Bertz CT molecular complexity index is 439. The summed E-state index contributed by atoms with van der Waals surface area (Å²) >= 11 is 0. The van der Waals surface area contributed by atoms with Gasteiger partial charge in [0.1, 0.15) is 11.6 Å². The molecule has 1 aromatic carbocycles. The Morgan fingerprint density at radius 3 is 2.69 bits per heavy atom. The van der Waals surface area contributed by atoms with Crippen LogP contribution in [-0.4, -0.2) is 12.6 Å². The van der Waals surface area contributed by atoms with Crippen LogP contribution in [0.2, 0.25) is 0 Å². The predicted octanol–water partition coefficient (Wildman–Crippen LogP) is 3.09. The molecular formula is C12H12F2O2. The van der Waals surface area contributed by atoms with Gasteiger partial charge in [0.05, 0.1) is 12.2 Å². The lowest BCUT2D eigenvalue weighted by molar-refractivity contribution is 0.0520. The molecule has 86 valence electrons. The Kier molecular flexibility index (Phi) is 3.77. The van der Waals surface area contributed by atoms with Crippen LogP contribution >= 0.6 is 0 Å². The number of halogens is 2. The van der Waals surface area contributed by atoms with E-state index in [9.17, 15) is 13.6 Å². The van der Waals surface area contributed by atoms with E-state index in [-0.39, 0.29) is 23.3 Å². The molecule has 0 atom stereocenters. The van der Waals surface area contributed by atoms with Crippen LogP contribution in [0.1, 0.15) is 28.4 Å². The average Bonchev–Trinajstić information content (AvgIpc) is 2.24. The molecule has 16 heavy (non-hydrogen) atoms. The first-order valence-electron chi connectivity index (χ1n) is 4.81. The molecule has 0 radical (unpaired) electrons. The van der Waals surface area contributed by atoms with Gasteiger partial charge in [0.25, 0.3) is 0 Å². The fourth-order valence-corrected chi connectivity index (χ4v) is 1.38. The van der Waals surface area contributed by atoms with Gasteiger partial charge in [-0.1, -0.05) is 12.7 Å². The van der Waals surface area contributed by atoms with Crippen LogP contribution in [0.15, 0.2) is 12.6 Å². The van der Waals surface area contributed by atoms with Crippen molar-refractivity contribution in [3.63, 3.8) is 0 Å². The number of benzene rings is 1.